The number of sulfone groups is 1. The van der Waals surface area contributed by atoms with E-state index in [1.165, 1.54) is 17.1 Å². The van der Waals surface area contributed by atoms with Crippen molar-refractivity contribution in [1.82, 2.24) is 9.78 Å². The molecule has 1 aromatic heterocycles. The predicted molar refractivity (Wildman–Crippen MR) is 72.5 cm³/mol. The highest BCUT2D eigenvalue weighted by Gasteiger charge is 2.22. The van der Waals surface area contributed by atoms with Crippen LogP contribution in [0, 0.1) is 5.82 Å². The smallest absolute Gasteiger partial charge is 0.337 e. The monoisotopic (exact) mass is 332 g/mol. The van der Waals surface area contributed by atoms with Gasteiger partial charge in [-0.1, -0.05) is 11.6 Å². The van der Waals surface area contributed by atoms with E-state index >= 15 is 0 Å². The van der Waals surface area contributed by atoms with Gasteiger partial charge in [0.25, 0.3) is 0 Å². The van der Waals surface area contributed by atoms with Crippen LogP contribution in [-0.2, 0) is 22.6 Å². The van der Waals surface area contributed by atoms with E-state index in [-0.39, 0.29) is 0 Å². The average Bonchev–Trinajstić information content (AvgIpc) is 2.76. The van der Waals surface area contributed by atoms with Gasteiger partial charge in [-0.05, 0) is 12.1 Å². The Balaban J connectivity index is 2.47. The second kappa shape index (κ2) is 5.45. The van der Waals surface area contributed by atoms with Crippen LogP contribution < -0.4 is 0 Å². The first-order valence-corrected chi connectivity index (χ1v) is 7.66. The zero-order valence-corrected chi connectivity index (χ0v) is 12.3. The van der Waals surface area contributed by atoms with E-state index in [9.17, 15) is 17.6 Å². The summed E-state index contributed by atoms with van der Waals surface area (Å²) in [7, 11) is -2.28. The highest BCUT2D eigenvalue weighted by Crippen LogP contribution is 2.26. The fourth-order valence-electron chi connectivity index (χ4n) is 1.75. The van der Waals surface area contributed by atoms with Crippen LogP contribution in [0.25, 0.3) is 0 Å². The molecule has 0 saturated heterocycles. The number of carbonyl (C=O) groups is 1. The average molecular weight is 333 g/mol. The van der Waals surface area contributed by atoms with Crippen LogP contribution >= 0.6 is 11.6 Å². The lowest BCUT2D eigenvalue weighted by Gasteiger charge is -2.07. The number of rotatable bonds is 4. The van der Waals surface area contributed by atoms with Gasteiger partial charge in [0.15, 0.2) is 9.84 Å². The van der Waals surface area contributed by atoms with Crippen molar-refractivity contribution in [3.05, 3.63) is 46.5 Å². The van der Waals surface area contributed by atoms with E-state index in [1.54, 1.807) is 7.05 Å². The highest BCUT2D eigenvalue weighted by atomic mass is 35.5. The molecule has 0 aliphatic carbocycles. The molecule has 0 atom stereocenters. The van der Waals surface area contributed by atoms with Crippen LogP contribution in [0.4, 0.5) is 4.39 Å². The van der Waals surface area contributed by atoms with Crippen molar-refractivity contribution >= 4 is 27.4 Å². The summed E-state index contributed by atoms with van der Waals surface area (Å²) in [6.45, 7) is 0. The van der Waals surface area contributed by atoms with Crippen molar-refractivity contribution < 1.29 is 22.7 Å². The first-order chi connectivity index (χ1) is 9.70. The van der Waals surface area contributed by atoms with Gasteiger partial charge in [0.1, 0.15) is 5.82 Å². The second-order valence-electron chi connectivity index (χ2n) is 4.35. The fourth-order valence-corrected chi connectivity index (χ4v) is 3.27. The van der Waals surface area contributed by atoms with Crippen molar-refractivity contribution in [2.24, 2.45) is 7.05 Å². The summed E-state index contributed by atoms with van der Waals surface area (Å²) in [5.41, 5.74) is -0.189. The SMILES string of the molecule is Cn1cc(CS(=O)(=O)c2cc(F)c(Cl)c(C(=O)O)c2)cn1. The number of carboxylic acid groups (broad SMARTS) is 1. The second-order valence-corrected chi connectivity index (χ2v) is 6.72. The van der Waals surface area contributed by atoms with E-state index in [0.29, 0.717) is 11.6 Å². The maximum absolute atomic E-state index is 13.6. The van der Waals surface area contributed by atoms with Crippen LogP contribution in [0.2, 0.25) is 5.02 Å². The lowest BCUT2D eigenvalue weighted by molar-refractivity contribution is 0.0696. The Kier molecular flexibility index (Phi) is 4.02. The Labute approximate surface area is 124 Å². The Morgan fingerprint density at radius 1 is 1.48 bits per heavy atom. The van der Waals surface area contributed by atoms with Crippen LogP contribution in [0.5, 0.6) is 0 Å². The van der Waals surface area contributed by atoms with Crippen molar-refractivity contribution in [2.75, 3.05) is 0 Å². The molecule has 0 aliphatic heterocycles. The van der Waals surface area contributed by atoms with E-state index in [2.05, 4.69) is 5.10 Å². The number of aromatic nitrogens is 2. The van der Waals surface area contributed by atoms with Crippen molar-refractivity contribution in [3.63, 3.8) is 0 Å². The van der Waals surface area contributed by atoms with Gasteiger partial charge in [-0.25, -0.2) is 17.6 Å². The topological polar surface area (TPSA) is 89.3 Å². The number of aromatic carboxylic acids is 1. The molecule has 9 heteroatoms. The quantitative estimate of drug-likeness (QED) is 0.923. The lowest BCUT2D eigenvalue weighted by atomic mass is 10.2. The first kappa shape index (κ1) is 15.5. The molecular formula is C12H10ClFN2O4S. The molecule has 21 heavy (non-hydrogen) atoms. The molecule has 6 nitrogen and oxygen atoms in total. The van der Waals surface area contributed by atoms with E-state index in [4.69, 9.17) is 16.7 Å². The Hall–Kier alpha value is -1.93. The largest absolute Gasteiger partial charge is 0.478 e. The molecule has 0 amide bonds. The maximum Gasteiger partial charge on any atom is 0.337 e. The fraction of sp³-hybridized carbons (Fsp3) is 0.167. The maximum atomic E-state index is 13.6. The number of aryl methyl sites for hydroxylation is 1. The molecule has 0 spiro atoms. The first-order valence-electron chi connectivity index (χ1n) is 5.63. The number of nitrogens with zero attached hydrogens (tertiary/aromatic N) is 2. The summed E-state index contributed by atoms with van der Waals surface area (Å²) >= 11 is 5.51. The Bertz CT molecular complexity index is 817. The number of hydrogen-bond donors (Lipinski definition) is 1. The summed E-state index contributed by atoms with van der Waals surface area (Å²) < 4.78 is 39.4. The van der Waals surface area contributed by atoms with E-state index < -0.39 is 42.9 Å². The van der Waals surface area contributed by atoms with E-state index in [1.807, 2.05) is 0 Å². The molecule has 2 rings (SSSR count). The third-order valence-electron chi connectivity index (χ3n) is 2.71. The number of hydrogen-bond acceptors (Lipinski definition) is 4. The van der Waals surface area contributed by atoms with Crippen molar-refractivity contribution in [2.45, 2.75) is 10.6 Å². The van der Waals surface area contributed by atoms with Gasteiger partial charge in [0.05, 0.1) is 27.4 Å². The molecule has 1 aromatic carbocycles. The van der Waals surface area contributed by atoms with Gasteiger partial charge in [0, 0.05) is 18.8 Å². The molecule has 2 aromatic rings. The Morgan fingerprint density at radius 2 is 2.14 bits per heavy atom. The van der Waals surface area contributed by atoms with Crippen molar-refractivity contribution in [3.8, 4) is 0 Å². The molecule has 112 valence electrons. The van der Waals surface area contributed by atoms with Gasteiger partial charge in [0.2, 0.25) is 0 Å². The number of benzene rings is 1. The zero-order valence-electron chi connectivity index (χ0n) is 10.7. The summed E-state index contributed by atoms with van der Waals surface area (Å²) in [6.07, 6.45) is 2.86. The van der Waals surface area contributed by atoms with Gasteiger partial charge in [-0.3, -0.25) is 4.68 Å². The standard InChI is InChI=1S/C12H10ClFN2O4S/c1-16-5-7(4-15-16)6-21(19,20)8-2-9(12(17)18)11(13)10(14)3-8/h2-5H,6H2,1H3,(H,17,18). The normalized spacial score (nSPS) is 11.6. The molecule has 0 radical (unpaired) electrons. The molecule has 1 N–H and O–H groups in total. The molecular weight excluding hydrogens is 323 g/mol. The molecule has 0 aliphatic rings. The van der Waals surface area contributed by atoms with Gasteiger partial charge in [-0.15, -0.1) is 0 Å². The zero-order chi connectivity index (χ0) is 15.8. The summed E-state index contributed by atoms with van der Waals surface area (Å²) in [5, 5.41) is 12.1. The molecule has 0 fully saturated rings. The number of carboxylic acids is 1. The van der Waals surface area contributed by atoms with E-state index in [0.717, 1.165) is 6.07 Å². The molecule has 0 saturated carbocycles. The van der Waals surface area contributed by atoms with Crippen LogP contribution in [0.3, 0.4) is 0 Å². The summed E-state index contributed by atoms with van der Waals surface area (Å²) in [6, 6.07) is 1.56. The summed E-state index contributed by atoms with van der Waals surface area (Å²) in [4.78, 5) is 10.5. The molecule has 1 heterocycles. The van der Waals surface area contributed by atoms with Crippen LogP contribution in [0.1, 0.15) is 15.9 Å². The highest BCUT2D eigenvalue weighted by molar-refractivity contribution is 7.90. The minimum absolute atomic E-state index is 0.407. The van der Waals surface area contributed by atoms with Gasteiger partial charge < -0.3 is 5.11 Å². The molecule has 0 bridgehead atoms. The lowest BCUT2D eigenvalue weighted by Crippen LogP contribution is -2.08. The third kappa shape index (κ3) is 3.22. The third-order valence-corrected chi connectivity index (χ3v) is 4.76. The van der Waals surface area contributed by atoms with Gasteiger partial charge in [-0.2, -0.15) is 5.10 Å². The van der Waals surface area contributed by atoms with Gasteiger partial charge >= 0.3 is 5.97 Å². The molecule has 0 unspecified atom stereocenters. The van der Waals surface area contributed by atoms with Crippen LogP contribution in [0.15, 0.2) is 29.4 Å². The Morgan fingerprint density at radius 3 is 2.67 bits per heavy atom. The predicted octanol–water partition coefficient (Wildman–Crippen LogP) is 1.88. The van der Waals surface area contributed by atoms with Crippen molar-refractivity contribution in [1.29, 1.82) is 0 Å². The minimum Gasteiger partial charge on any atom is -0.478 e. The summed E-state index contributed by atoms with van der Waals surface area (Å²) in [5.74, 6) is -3.01. The van der Waals surface area contributed by atoms with Crippen LogP contribution in [-0.4, -0.2) is 29.3 Å². The minimum atomic E-state index is -3.91. The number of halogens is 2.